The Kier molecular flexibility index (Phi) is 2.79. The highest BCUT2D eigenvalue weighted by Crippen LogP contribution is 2.30. The maximum Gasteiger partial charge on any atom is 0.195 e. The van der Waals surface area contributed by atoms with Crippen LogP contribution >= 0.6 is 0 Å². The molecule has 0 fully saturated rings. The van der Waals surface area contributed by atoms with Crippen molar-refractivity contribution < 1.29 is 18.3 Å². The molecule has 2 aromatic rings. The molecule has 0 bridgehead atoms. The van der Waals surface area contributed by atoms with Crippen molar-refractivity contribution in [3.63, 3.8) is 0 Å². The monoisotopic (exact) mass is 238 g/mol. The molecule has 0 aliphatic rings. The number of rotatable bonds is 1. The zero-order valence-electron chi connectivity index (χ0n) is 8.97. The zero-order chi connectivity index (χ0) is 12.6. The smallest absolute Gasteiger partial charge is 0.195 e. The van der Waals surface area contributed by atoms with Gasteiger partial charge < -0.3 is 5.11 Å². The Bertz CT molecular complexity index is 579. The van der Waals surface area contributed by atoms with Crippen molar-refractivity contribution in [1.29, 1.82) is 0 Å². The largest absolute Gasteiger partial charge is 0.508 e. The Hall–Kier alpha value is -1.97. The van der Waals surface area contributed by atoms with Crippen molar-refractivity contribution in [3.05, 3.63) is 53.3 Å². The minimum absolute atomic E-state index is 0.0265. The van der Waals surface area contributed by atoms with Gasteiger partial charge in [-0.25, -0.2) is 13.2 Å². The second-order valence-electron chi connectivity index (χ2n) is 3.72. The van der Waals surface area contributed by atoms with Gasteiger partial charge in [-0.15, -0.1) is 0 Å². The summed E-state index contributed by atoms with van der Waals surface area (Å²) >= 11 is 0. The van der Waals surface area contributed by atoms with Gasteiger partial charge in [-0.2, -0.15) is 0 Å². The van der Waals surface area contributed by atoms with E-state index in [1.54, 1.807) is 6.92 Å². The summed E-state index contributed by atoms with van der Waals surface area (Å²) in [6.45, 7) is 1.65. The molecule has 0 unspecified atom stereocenters. The van der Waals surface area contributed by atoms with Gasteiger partial charge in [-0.05, 0) is 42.3 Å². The molecule has 0 heterocycles. The van der Waals surface area contributed by atoms with Crippen molar-refractivity contribution in [2.75, 3.05) is 0 Å². The van der Waals surface area contributed by atoms with E-state index >= 15 is 0 Å². The van der Waals surface area contributed by atoms with Gasteiger partial charge in [0.2, 0.25) is 0 Å². The molecule has 0 saturated heterocycles. The van der Waals surface area contributed by atoms with Gasteiger partial charge in [0.1, 0.15) is 5.75 Å². The summed E-state index contributed by atoms with van der Waals surface area (Å²) in [5, 5.41) is 9.22. The second kappa shape index (κ2) is 4.13. The highest BCUT2D eigenvalue weighted by atomic mass is 19.2. The lowest BCUT2D eigenvalue weighted by Crippen LogP contribution is -1.95. The molecule has 0 aliphatic heterocycles. The van der Waals surface area contributed by atoms with Crippen LogP contribution in [0.2, 0.25) is 0 Å². The van der Waals surface area contributed by atoms with E-state index in [4.69, 9.17) is 0 Å². The fourth-order valence-corrected chi connectivity index (χ4v) is 1.68. The van der Waals surface area contributed by atoms with Gasteiger partial charge in [-0.1, -0.05) is 6.07 Å². The standard InChI is InChI=1S/C13H9F3O/c1-7-6-8(17)2-3-9(7)10-4-5-11(14)13(16)12(10)15/h2-6,17H,1H3. The van der Waals surface area contributed by atoms with E-state index in [1.807, 2.05) is 0 Å². The number of hydrogen-bond donors (Lipinski definition) is 1. The third-order valence-electron chi connectivity index (χ3n) is 2.54. The van der Waals surface area contributed by atoms with Crippen molar-refractivity contribution in [2.24, 2.45) is 0 Å². The first-order valence-corrected chi connectivity index (χ1v) is 4.94. The lowest BCUT2D eigenvalue weighted by molar-refractivity contribution is 0.449. The topological polar surface area (TPSA) is 20.2 Å². The first-order chi connectivity index (χ1) is 8.00. The SMILES string of the molecule is Cc1cc(O)ccc1-c1ccc(F)c(F)c1F. The van der Waals surface area contributed by atoms with Crippen LogP contribution in [0, 0.1) is 24.4 Å². The van der Waals surface area contributed by atoms with Crippen molar-refractivity contribution in [3.8, 4) is 16.9 Å². The predicted octanol–water partition coefficient (Wildman–Crippen LogP) is 3.78. The number of aromatic hydroxyl groups is 1. The Balaban J connectivity index is 2.65. The summed E-state index contributed by atoms with van der Waals surface area (Å²) in [5.74, 6) is -3.90. The maximum absolute atomic E-state index is 13.6. The molecule has 0 atom stereocenters. The summed E-state index contributed by atoms with van der Waals surface area (Å²) in [6.07, 6.45) is 0. The van der Waals surface area contributed by atoms with E-state index in [0.29, 0.717) is 11.1 Å². The minimum Gasteiger partial charge on any atom is -0.508 e. The number of phenols is 1. The van der Waals surface area contributed by atoms with Crippen molar-refractivity contribution >= 4 is 0 Å². The van der Waals surface area contributed by atoms with Crippen LogP contribution < -0.4 is 0 Å². The van der Waals surface area contributed by atoms with Gasteiger partial charge in [0, 0.05) is 5.56 Å². The maximum atomic E-state index is 13.6. The predicted molar refractivity (Wildman–Crippen MR) is 58.2 cm³/mol. The highest BCUT2D eigenvalue weighted by Gasteiger charge is 2.15. The third kappa shape index (κ3) is 1.98. The molecular formula is C13H9F3O. The number of halogens is 3. The zero-order valence-corrected chi connectivity index (χ0v) is 8.97. The minimum atomic E-state index is -1.49. The molecule has 0 saturated carbocycles. The molecule has 0 spiro atoms. The van der Waals surface area contributed by atoms with Crippen LogP contribution in [0.25, 0.3) is 11.1 Å². The molecule has 2 aromatic carbocycles. The number of aryl methyl sites for hydroxylation is 1. The second-order valence-corrected chi connectivity index (χ2v) is 3.72. The average Bonchev–Trinajstić information content (AvgIpc) is 2.28. The Morgan fingerprint density at radius 2 is 1.53 bits per heavy atom. The first kappa shape index (κ1) is 11.5. The van der Waals surface area contributed by atoms with Gasteiger partial charge >= 0.3 is 0 Å². The van der Waals surface area contributed by atoms with Crippen LogP contribution in [-0.2, 0) is 0 Å². The lowest BCUT2D eigenvalue weighted by Gasteiger charge is -2.08. The molecule has 1 N–H and O–H groups in total. The summed E-state index contributed by atoms with van der Waals surface area (Å²) in [5.41, 5.74) is 0.968. The quantitative estimate of drug-likeness (QED) is 0.749. The summed E-state index contributed by atoms with van der Waals surface area (Å²) in [4.78, 5) is 0. The highest BCUT2D eigenvalue weighted by molar-refractivity contribution is 5.68. The molecule has 0 aliphatic carbocycles. The Labute approximate surface area is 96.1 Å². The fourth-order valence-electron chi connectivity index (χ4n) is 1.68. The van der Waals surface area contributed by atoms with Crippen LogP contribution in [0.3, 0.4) is 0 Å². The van der Waals surface area contributed by atoms with Crippen molar-refractivity contribution in [2.45, 2.75) is 6.92 Å². The van der Waals surface area contributed by atoms with E-state index in [2.05, 4.69) is 0 Å². The van der Waals surface area contributed by atoms with E-state index in [9.17, 15) is 18.3 Å². The van der Waals surface area contributed by atoms with Gasteiger partial charge in [0.15, 0.2) is 17.5 Å². The van der Waals surface area contributed by atoms with Crippen molar-refractivity contribution in [1.82, 2.24) is 0 Å². The summed E-state index contributed by atoms with van der Waals surface area (Å²) < 4.78 is 39.4. The van der Waals surface area contributed by atoms with E-state index < -0.39 is 17.5 Å². The molecule has 0 radical (unpaired) electrons. The van der Waals surface area contributed by atoms with E-state index in [1.165, 1.54) is 24.3 Å². The fraction of sp³-hybridized carbons (Fsp3) is 0.0769. The molecule has 17 heavy (non-hydrogen) atoms. The molecule has 2 rings (SSSR count). The van der Waals surface area contributed by atoms with E-state index in [0.717, 1.165) is 6.07 Å². The lowest BCUT2D eigenvalue weighted by atomic mass is 9.99. The van der Waals surface area contributed by atoms with Gasteiger partial charge in [-0.3, -0.25) is 0 Å². The molecule has 88 valence electrons. The third-order valence-corrected chi connectivity index (χ3v) is 2.54. The molecule has 0 aromatic heterocycles. The number of benzene rings is 2. The van der Waals surface area contributed by atoms with Gasteiger partial charge in [0.05, 0.1) is 0 Å². The van der Waals surface area contributed by atoms with Crippen LogP contribution in [-0.4, -0.2) is 5.11 Å². The van der Waals surface area contributed by atoms with Crippen LogP contribution in [0.1, 0.15) is 5.56 Å². The van der Waals surface area contributed by atoms with E-state index in [-0.39, 0.29) is 11.3 Å². The Morgan fingerprint density at radius 1 is 0.882 bits per heavy atom. The van der Waals surface area contributed by atoms with Gasteiger partial charge in [0.25, 0.3) is 0 Å². The number of hydrogen-bond acceptors (Lipinski definition) is 1. The molecule has 1 nitrogen and oxygen atoms in total. The Morgan fingerprint density at radius 3 is 2.18 bits per heavy atom. The molecule has 4 heteroatoms. The average molecular weight is 238 g/mol. The summed E-state index contributed by atoms with van der Waals surface area (Å²) in [6, 6.07) is 6.30. The van der Waals surface area contributed by atoms with Crippen LogP contribution in [0.4, 0.5) is 13.2 Å². The van der Waals surface area contributed by atoms with Crippen LogP contribution in [0.15, 0.2) is 30.3 Å². The summed E-state index contributed by atoms with van der Waals surface area (Å²) in [7, 11) is 0. The normalized spacial score (nSPS) is 10.6. The number of phenolic OH excluding ortho intramolecular Hbond substituents is 1. The molecule has 0 amide bonds. The molecular weight excluding hydrogens is 229 g/mol. The van der Waals surface area contributed by atoms with Crippen LogP contribution in [0.5, 0.6) is 5.75 Å². The first-order valence-electron chi connectivity index (χ1n) is 4.94.